The smallest absolute Gasteiger partial charge is 0.229 e. The van der Waals surface area contributed by atoms with Crippen LogP contribution in [0.25, 0.3) is 22.3 Å². The number of halogens is 5. The topological polar surface area (TPSA) is 159 Å². The average molecular weight is 987 g/mol. The van der Waals surface area contributed by atoms with Gasteiger partial charge in [-0.25, -0.2) is 27.5 Å². The molecule has 0 spiro atoms. The maximum atomic E-state index is 14.4. The molecular weight excluding hydrogens is 940 g/mol. The average Bonchev–Trinajstić information content (AvgIpc) is 3.35. The van der Waals surface area contributed by atoms with Gasteiger partial charge in [0.15, 0.2) is 23.1 Å². The van der Waals surface area contributed by atoms with Crippen molar-refractivity contribution in [2.75, 3.05) is 62.4 Å². The van der Waals surface area contributed by atoms with Crippen LogP contribution >= 0.6 is 11.6 Å². The molecule has 10 rings (SSSR count). The summed E-state index contributed by atoms with van der Waals surface area (Å²) in [5.74, 6) is 1.27. The van der Waals surface area contributed by atoms with E-state index in [2.05, 4.69) is 35.2 Å². The number of likely N-dealkylation sites (N-methyl/N-ethyl adjacent to an activating group) is 2. The second-order valence-electron chi connectivity index (χ2n) is 16.3. The largest absolute Gasteiger partial charge is 0.496 e. The van der Waals surface area contributed by atoms with Crippen molar-refractivity contribution in [3.05, 3.63) is 173 Å². The molecule has 0 saturated heterocycles. The molecule has 19 heteroatoms. The van der Waals surface area contributed by atoms with Crippen molar-refractivity contribution in [3.8, 4) is 45.3 Å². The van der Waals surface area contributed by atoms with Gasteiger partial charge in [0, 0.05) is 95.8 Å². The number of aromatic nitrogens is 6. The summed E-state index contributed by atoms with van der Waals surface area (Å²) in [6, 6.07) is 25.4. The monoisotopic (exact) mass is 986 g/mol. The summed E-state index contributed by atoms with van der Waals surface area (Å²) in [5.41, 5.74) is 13.8. The first-order chi connectivity index (χ1) is 34.2. The number of aryl methyl sites for hydroxylation is 2. The first kappa shape index (κ1) is 49.2. The number of pyridine rings is 2. The van der Waals surface area contributed by atoms with Gasteiger partial charge in [0.2, 0.25) is 11.2 Å². The fourth-order valence-corrected chi connectivity index (χ4v) is 8.11. The molecule has 0 radical (unpaired) electrons. The highest BCUT2D eigenvalue weighted by Gasteiger charge is 2.31. The number of anilines is 5. The molecule has 0 saturated carbocycles. The van der Waals surface area contributed by atoms with Gasteiger partial charge < -0.3 is 39.8 Å². The van der Waals surface area contributed by atoms with Crippen LogP contribution in [-0.4, -0.2) is 71.4 Å². The van der Waals surface area contributed by atoms with E-state index in [0.717, 1.165) is 57.2 Å². The maximum absolute atomic E-state index is 14.4. The summed E-state index contributed by atoms with van der Waals surface area (Å²) in [6.45, 7) is 4.31. The number of hydrogen-bond acceptors (Lipinski definition) is 14. The molecule has 4 aromatic carbocycles. The van der Waals surface area contributed by atoms with Crippen LogP contribution < -0.4 is 39.8 Å². The lowest BCUT2D eigenvalue weighted by Crippen LogP contribution is -2.35. The van der Waals surface area contributed by atoms with Crippen LogP contribution in [0.4, 0.5) is 46.5 Å². The van der Waals surface area contributed by atoms with E-state index in [4.69, 9.17) is 36.3 Å². The third-order valence-corrected chi connectivity index (χ3v) is 11.8. The van der Waals surface area contributed by atoms with Crippen molar-refractivity contribution in [2.45, 2.75) is 25.9 Å². The third-order valence-electron chi connectivity index (χ3n) is 11.6. The van der Waals surface area contributed by atoms with Gasteiger partial charge in [-0.1, -0.05) is 12.1 Å². The highest BCUT2D eigenvalue weighted by atomic mass is 35.5. The van der Waals surface area contributed by atoms with Gasteiger partial charge in [-0.3, -0.25) is 9.97 Å². The Morgan fingerprint density at radius 1 is 0.620 bits per heavy atom. The molecule has 0 aliphatic carbocycles. The predicted octanol–water partition coefficient (Wildman–Crippen LogP) is 11.1. The molecule has 2 aliphatic heterocycles. The van der Waals surface area contributed by atoms with Crippen molar-refractivity contribution < 1.29 is 36.5 Å². The summed E-state index contributed by atoms with van der Waals surface area (Å²) in [7, 11) is 6.80. The summed E-state index contributed by atoms with van der Waals surface area (Å²) in [5, 5.41) is 3.28. The van der Waals surface area contributed by atoms with Crippen LogP contribution in [0.3, 0.4) is 0 Å². The molecular formula is C52H47ClF4N10O4. The Kier molecular flexibility index (Phi) is 15.0. The molecule has 4 aromatic heterocycles. The van der Waals surface area contributed by atoms with Crippen LogP contribution in [0.5, 0.6) is 23.0 Å². The Bertz CT molecular complexity index is 3210. The Balaban J connectivity index is 0.000000158. The third kappa shape index (κ3) is 11.3. The van der Waals surface area contributed by atoms with Gasteiger partial charge in [0.05, 0.1) is 38.7 Å². The molecule has 8 aromatic rings. The molecule has 2 atom stereocenters. The van der Waals surface area contributed by atoms with Gasteiger partial charge >= 0.3 is 0 Å². The van der Waals surface area contributed by atoms with E-state index in [9.17, 15) is 17.6 Å². The van der Waals surface area contributed by atoms with Gasteiger partial charge in [-0.2, -0.15) is 9.97 Å². The van der Waals surface area contributed by atoms with Crippen LogP contribution in [0.1, 0.15) is 34.6 Å². The van der Waals surface area contributed by atoms with Crippen LogP contribution in [0.2, 0.25) is 5.28 Å². The first-order valence-electron chi connectivity index (χ1n) is 21.9. The standard InChI is InChI=1S/C26H23F2N5O2.C13H10ClF2N3O.C13H14N2O/c1-15-10-16(8-9-29-15)19-7-5-18(12-23(19)34-3)31-26-30-13-24-25(32-26)33(2)22(14-35-24)20-6-4-17(27)11-21(20)28;1-19-10(8-3-2-7(15)4-9(8)16)6-20-11-5-17-13(14)18-12(11)19;1-9-7-10(5-6-15-9)12-4-3-11(14)8-13(12)16-2/h4-13,22H,14H2,1-3H3,(H,30,31,32);2-5,10H,6H2,1H3;3-8H,14H2,1-2H3. The summed E-state index contributed by atoms with van der Waals surface area (Å²) >= 11 is 5.76. The number of nitrogen functional groups attached to an aromatic ring is 1. The van der Waals surface area contributed by atoms with E-state index in [1.54, 1.807) is 56.7 Å². The summed E-state index contributed by atoms with van der Waals surface area (Å²) in [6.07, 6.45) is 6.60. The fraction of sp³-hybridized carbons (Fsp3) is 0.192. The summed E-state index contributed by atoms with van der Waals surface area (Å²) in [4.78, 5) is 28.8. The quantitative estimate of drug-likeness (QED) is 0.0841. The second-order valence-corrected chi connectivity index (χ2v) is 16.6. The second kappa shape index (κ2) is 21.6. The number of fused-ring (bicyclic) bond motifs is 2. The molecule has 71 heavy (non-hydrogen) atoms. The minimum Gasteiger partial charge on any atom is -0.496 e. The van der Waals surface area contributed by atoms with E-state index in [1.165, 1.54) is 30.5 Å². The van der Waals surface area contributed by atoms with E-state index < -0.39 is 35.4 Å². The van der Waals surface area contributed by atoms with Crippen LogP contribution in [0.15, 0.2) is 122 Å². The molecule has 0 amide bonds. The number of ether oxygens (including phenoxy) is 4. The lowest BCUT2D eigenvalue weighted by molar-refractivity contribution is 0.262. The minimum atomic E-state index is -0.627. The normalized spacial score (nSPS) is 14.5. The molecule has 0 fully saturated rings. The van der Waals surface area contributed by atoms with Crippen LogP contribution in [0, 0.1) is 37.1 Å². The molecule has 2 aliphatic rings. The van der Waals surface area contributed by atoms with E-state index >= 15 is 0 Å². The SMILES string of the molecule is CN1c2nc(Cl)ncc2OCC1c1ccc(F)cc1F.COc1cc(N)ccc1-c1ccnc(C)c1.COc1cc(Nc2ncc3c(n2)N(C)C(c2ccc(F)cc2F)CO3)ccc1-c1ccnc(C)c1. The Labute approximate surface area is 412 Å². The molecule has 0 bridgehead atoms. The Morgan fingerprint density at radius 2 is 1.13 bits per heavy atom. The van der Waals surface area contributed by atoms with Crippen LogP contribution in [-0.2, 0) is 0 Å². The predicted molar refractivity (Wildman–Crippen MR) is 265 cm³/mol. The fourth-order valence-electron chi connectivity index (χ4n) is 7.98. The van der Waals surface area contributed by atoms with Crippen molar-refractivity contribution in [2.24, 2.45) is 0 Å². The Hall–Kier alpha value is -8.25. The highest BCUT2D eigenvalue weighted by molar-refractivity contribution is 6.28. The van der Waals surface area contributed by atoms with Gasteiger partial charge in [-0.05, 0) is 97.2 Å². The van der Waals surface area contributed by atoms with Gasteiger partial charge in [0.25, 0.3) is 0 Å². The van der Waals surface area contributed by atoms with E-state index in [-0.39, 0.29) is 18.5 Å². The lowest BCUT2D eigenvalue weighted by atomic mass is 10.0. The number of nitrogens with two attached hydrogens (primary N) is 1. The first-order valence-corrected chi connectivity index (χ1v) is 22.3. The Morgan fingerprint density at radius 3 is 1.65 bits per heavy atom. The van der Waals surface area contributed by atoms with Crippen molar-refractivity contribution in [1.29, 1.82) is 0 Å². The minimum absolute atomic E-state index is 0.0828. The van der Waals surface area contributed by atoms with Crippen molar-refractivity contribution >= 4 is 40.6 Å². The lowest BCUT2D eigenvalue weighted by Gasteiger charge is -2.35. The molecule has 6 heterocycles. The molecule has 14 nitrogen and oxygen atoms in total. The molecule has 364 valence electrons. The number of rotatable bonds is 8. The van der Waals surface area contributed by atoms with Crippen molar-refractivity contribution in [3.63, 3.8) is 0 Å². The number of nitrogens with one attached hydrogen (secondary N) is 1. The number of methoxy groups -OCH3 is 2. The summed E-state index contributed by atoms with van der Waals surface area (Å²) < 4.78 is 76.9. The van der Waals surface area contributed by atoms with Gasteiger partial charge in [-0.15, -0.1) is 0 Å². The number of benzene rings is 4. The molecule has 2 unspecified atom stereocenters. The van der Waals surface area contributed by atoms with Gasteiger partial charge in [0.1, 0.15) is 48.0 Å². The zero-order valence-corrected chi connectivity index (χ0v) is 40.0. The molecule has 3 N–H and O–H groups in total. The zero-order valence-electron chi connectivity index (χ0n) is 39.3. The zero-order chi connectivity index (χ0) is 50.3. The van der Waals surface area contributed by atoms with Crippen molar-refractivity contribution in [1.82, 2.24) is 29.9 Å². The number of hydrogen-bond donors (Lipinski definition) is 2. The number of nitrogens with zero attached hydrogens (tertiary/aromatic N) is 8. The highest BCUT2D eigenvalue weighted by Crippen LogP contribution is 2.40. The van der Waals surface area contributed by atoms with E-state index in [0.29, 0.717) is 51.6 Å². The maximum Gasteiger partial charge on any atom is 0.229 e. The van der Waals surface area contributed by atoms with E-state index in [1.807, 2.05) is 74.5 Å².